The van der Waals surface area contributed by atoms with Gasteiger partial charge in [0.2, 0.25) is 0 Å². The Hall–Kier alpha value is -2.24. The third kappa shape index (κ3) is 1.77. The summed E-state index contributed by atoms with van der Waals surface area (Å²) in [4.78, 5) is 11.3. The summed E-state index contributed by atoms with van der Waals surface area (Å²) in [6.07, 6.45) is 0. The van der Waals surface area contributed by atoms with Crippen molar-refractivity contribution in [2.24, 2.45) is 0 Å². The van der Waals surface area contributed by atoms with Crippen molar-refractivity contribution in [3.05, 3.63) is 35.7 Å². The van der Waals surface area contributed by atoms with Crippen LogP contribution in [0.1, 0.15) is 16.2 Å². The van der Waals surface area contributed by atoms with Gasteiger partial charge in [-0.25, -0.2) is 4.79 Å². The quantitative estimate of drug-likeness (QED) is 0.696. The lowest BCUT2D eigenvalue weighted by Crippen LogP contribution is -2.04. The van der Waals surface area contributed by atoms with E-state index in [4.69, 9.17) is 0 Å². The van der Waals surface area contributed by atoms with Crippen molar-refractivity contribution < 1.29 is 9.53 Å². The Kier molecular flexibility index (Phi) is 2.63. The fourth-order valence-electron chi connectivity index (χ4n) is 1.35. The predicted molar refractivity (Wildman–Crippen MR) is 55.2 cm³/mol. The van der Waals surface area contributed by atoms with Gasteiger partial charge in [-0.1, -0.05) is 6.07 Å². The molecule has 16 heavy (non-hydrogen) atoms. The Bertz CT molecular complexity index is 521. The number of rotatable bonds is 2. The van der Waals surface area contributed by atoms with Crippen LogP contribution in [-0.2, 0) is 4.74 Å². The summed E-state index contributed by atoms with van der Waals surface area (Å²) in [6.45, 7) is 1.78. The molecule has 0 aliphatic rings. The average Bonchev–Trinajstić information content (AvgIpc) is 2.74. The lowest BCUT2D eigenvalue weighted by molar-refractivity contribution is 0.0600. The van der Waals surface area contributed by atoms with Gasteiger partial charge >= 0.3 is 5.97 Å². The van der Waals surface area contributed by atoms with Crippen LogP contribution in [0, 0.1) is 6.92 Å². The Morgan fingerprint density at radius 2 is 2.25 bits per heavy atom. The summed E-state index contributed by atoms with van der Waals surface area (Å²) < 4.78 is 6.19. The Morgan fingerprint density at radius 3 is 2.88 bits per heavy atom. The molecule has 0 radical (unpaired) electrons. The highest BCUT2D eigenvalue weighted by atomic mass is 16.5. The maximum absolute atomic E-state index is 11.3. The largest absolute Gasteiger partial charge is 0.465 e. The van der Waals surface area contributed by atoms with E-state index in [1.807, 2.05) is 6.07 Å². The Balaban J connectivity index is 2.44. The van der Waals surface area contributed by atoms with E-state index in [1.165, 1.54) is 7.11 Å². The Morgan fingerprint density at radius 1 is 1.44 bits per heavy atom. The highest BCUT2D eigenvalue weighted by Crippen LogP contribution is 2.11. The molecule has 0 bridgehead atoms. The molecular formula is C10H10N4O2. The molecule has 0 unspecified atom stereocenters. The van der Waals surface area contributed by atoms with Gasteiger partial charge in [0.15, 0.2) is 5.82 Å². The number of methoxy groups -OCH3 is 1. The lowest BCUT2D eigenvalue weighted by atomic mass is 10.2. The van der Waals surface area contributed by atoms with Crippen molar-refractivity contribution in [2.75, 3.05) is 7.11 Å². The molecule has 1 aromatic carbocycles. The monoisotopic (exact) mass is 218 g/mol. The van der Waals surface area contributed by atoms with Gasteiger partial charge in [0.05, 0.1) is 18.4 Å². The van der Waals surface area contributed by atoms with Crippen LogP contribution in [0.5, 0.6) is 0 Å². The van der Waals surface area contributed by atoms with E-state index in [1.54, 1.807) is 29.8 Å². The second-order valence-corrected chi connectivity index (χ2v) is 3.18. The number of aromatic nitrogens is 4. The number of nitrogens with zero attached hydrogens (tertiary/aromatic N) is 4. The molecule has 0 fully saturated rings. The van der Waals surface area contributed by atoms with Crippen molar-refractivity contribution in [2.45, 2.75) is 6.92 Å². The van der Waals surface area contributed by atoms with Gasteiger partial charge in [-0.2, -0.15) is 4.68 Å². The number of benzene rings is 1. The summed E-state index contributed by atoms with van der Waals surface area (Å²) in [6, 6.07) is 6.92. The van der Waals surface area contributed by atoms with Crippen molar-refractivity contribution in [1.29, 1.82) is 0 Å². The van der Waals surface area contributed by atoms with E-state index in [0.717, 1.165) is 5.69 Å². The van der Waals surface area contributed by atoms with Crippen molar-refractivity contribution in [1.82, 2.24) is 20.2 Å². The molecule has 1 aromatic heterocycles. The maximum Gasteiger partial charge on any atom is 0.337 e. The number of hydrogen-bond donors (Lipinski definition) is 0. The average molecular weight is 218 g/mol. The van der Waals surface area contributed by atoms with Gasteiger partial charge < -0.3 is 4.74 Å². The summed E-state index contributed by atoms with van der Waals surface area (Å²) in [5.74, 6) is 0.273. The molecule has 0 aliphatic carbocycles. The molecule has 0 amide bonds. The van der Waals surface area contributed by atoms with E-state index < -0.39 is 0 Å². The normalized spacial score (nSPS) is 10.1. The van der Waals surface area contributed by atoms with Gasteiger partial charge in [-0.15, -0.1) is 5.10 Å². The highest BCUT2D eigenvalue weighted by Gasteiger charge is 2.08. The molecule has 0 saturated carbocycles. The fourth-order valence-corrected chi connectivity index (χ4v) is 1.35. The second kappa shape index (κ2) is 4.09. The summed E-state index contributed by atoms with van der Waals surface area (Å²) in [5.41, 5.74) is 1.19. The van der Waals surface area contributed by atoms with E-state index >= 15 is 0 Å². The lowest BCUT2D eigenvalue weighted by Gasteiger charge is -2.03. The number of carbonyl (C=O) groups is 1. The molecular weight excluding hydrogens is 208 g/mol. The minimum atomic E-state index is -0.382. The van der Waals surface area contributed by atoms with Crippen LogP contribution < -0.4 is 0 Å². The standard InChI is InChI=1S/C10H10N4O2/c1-7-11-12-13-14(7)9-5-3-4-8(6-9)10(15)16-2/h3-6H,1-2H3. The number of carbonyl (C=O) groups excluding carboxylic acids is 1. The molecule has 0 N–H and O–H groups in total. The van der Waals surface area contributed by atoms with E-state index in [2.05, 4.69) is 20.3 Å². The molecule has 1 heterocycles. The molecule has 2 rings (SSSR count). The van der Waals surface area contributed by atoms with Crippen LogP contribution in [0.2, 0.25) is 0 Å². The molecule has 6 heteroatoms. The van der Waals surface area contributed by atoms with E-state index in [9.17, 15) is 4.79 Å². The van der Waals surface area contributed by atoms with Crippen LogP contribution >= 0.6 is 0 Å². The minimum absolute atomic E-state index is 0.382. The zero-order valence-corrected chi connectivity index (χ0v) is 8.91. The molecule has 0 atom stereocenters. The van der Waals surface area contributed by atoms with Crippen LogP contribution in [-0.4, -0.2) is 33.3 Å². The smallest absolute Gasteiger partial charge is 0.337 e. The number of ether oxygens (including phenoxy) is 1. The second-order valence-electron chi connectivity index (χ2n) is 3.18. The predicted octanol–water partition coefficient (Wildman–Crippen LogP) is 0.757. The molecule has 0 saturated heterocycles. The van der Waals surface area contributed by atoms with Crippen LogP contribution in [0.4, 0.5) is 0 Å². The fraction of sp³-hybridized carbons (Fsp3) is 0.200. The van der Waals surface area contributed by atoms with Gasteiger partial charge in [0, 0.05) is 0 Å². The third-order valence-corrected chi connectivity index (χ3v) is 2.14. The topological polar surface area (TPSA) is 69.9 Å². The summed E-state index contributed by atoms with van der Waals surface area (Å²) >= 11 is 0. The van der Waals surface area contributed by atoms with Gasteiger partial charge in [-0.3, -0.25) is 0 Å². The zero-order valence-electron chi connectivity index (χ0n) is 8.91. The SMILES string of the molecule is COC(=O)c1cccc(-n2nnnc2C)c1. The van der Waals surface area contributed by atoms with Crippen LogP contribution in [0.15, 0.2) is 24.3 Å². The number of esters is 1. The molecule has 0 spiro atoms. The maximum atomic E-state index is 11.3. The first-order chi connectivity index (χ1) is 7.72. The number of hydrogen-bond acceptors (Lipinski definition) is 5. The minimum Gasteiger partial charge on any atom is -0.465 e. The molecule has 0 aliphatic heterocycles. The van der Waals surface area contributed by atoms with Crippen molar-refractivity contribution >= 4 is 5.97 Å². The molecule has 6 nitrogen and oxygen atoms in total. The highest BCUT2D eigenvalue weighted by molar-refractivity contribution is 5.89. The van der Waals surface area contributed by atoms with Crippen molar-refractivity contribution in [3.8, 4) is 5.69 Å². The van der Waals surface area contributed by atoms with E-state index in [-0.39, 0.29) is 5.97 Å². The first-order valence-electron chi connectivity index (χ1n) is 4.66. The number of aryl methyl sites for hydroxylation is 1. The van der Waals surface area contributed by atoms with Crippen LogP contribution in [0.25, 0.3) is 5.69 Å². The van der Waals surface area contributed by atoms with Gasteiger partial charge in [-0.05, 0) is 35.5 Å². The Labute approximate surface area is 91.8 Å². The summed E-state index contributed by atoms with van der Waals surface area (Å²) in [5, 5.41) is 11.1. The van der Waals surface area contributed by atoms with Crippen molar-refractivity contribution in [3.63, 3.8) is 0 Å². The zero-order chi connectivity index (χ0) is 11.5. The van der Waals surface area contributed by atoms with Gasteiger partial charge in [0.25, 0.3) is 0 Å². The molecule has 2 aromatic rings. The first-order valence-corrected chi connectivity index (χ1v) is 4.66. The number of tetrazole rings is 1. The third-order valence-electron chi connectivity index (χ3n) is 2.14. The molecule has 82 valence electrons. The van der Waals surface area contributed by atoms with E-state index in [0.29, 0.717) is 11.4 Å². The van der Waals surface area contributed by atoms with Gasteiger partial charge in [0.1, 0.15) is 0 Å². The van der Waals surface area contributed by atoms with Crippen LogP contribution in [0.3, 0.4) is 0 Å². The summed E-state index contributed by atoms with van der Waals surface area (Å²) in [7, 11) is 1.34. The first kappa shape index (κ1) is 10.3.